The van der Waals surface area contributed by atoms with E-state index in [1.165, 1.54) is 43.2 Å². The van der Waals surface area contributed by atoms with Crippen LogP contribution in [-0.4, -0.2) is 19.8 Å². The summed E-state index contributed by atoms with van der Waals surface area (Å²) in [4.78, 5) is 0. The lowest BCUT2D eigenvalue weighted by Crippen LogP contribution is -2.20. The second-order valence-corrected chi connectivity index (χ2v) is 6.46. The monoisotopic (exact) mass is 302 g/mol. The molecule has 22 heavy (non-hydrogen) atoms. The van der Waals surface area contributed by atoms with Crippen molar-refractivity contribution in [3.63, 3.8) is 0 Å². The molecular formula is C20H30O2. The van der Waals surface area contributed by atoms with Crippen LogP contribution in [0.5, 0.6) is 0 Å². The van der Waals surface area contributed by atoms with Crippen molar-refractivity contribution in [1.29, 1.82) is 0 Å². The lowest BCUT2D eigenvalue weighted by Gasteiger charge is -2.31. The molecule has 0 spiro atoms. The molecule has 2 nitrogen and oxygen atoms in total. The molecule has 2 rings (SSSR count). The van der Waals surface area contributed by atoms with E-state index in [0.29, 0.717) is 5.41 Å². The number of allylic oxidation sites excluding steroid dienone is 1. The van der Waals surface area contributed by atoms with Crippen LogP contribution in [0.3, 0.4) is 0 Å². The third-order valence-electron chi connectivity index (χ3n) is 4.98. The summed E-state index contributed by atoms with van der Waals surface area (Å²) in [7, 11) is 0. The summed E-state index contributed by atoms with van der Waals surface area (Å²) >= 11 is 0. The van der Waals surface area contributed by atoms with Gasteiger partial charge in [0.2, 0.25) is 0 Å². The molecule has 1 aromatic rings. The van der Waals surface area contributed by atoms with Gasteiger partial charge in [0.1, 0.15) is 0 Å². The minimum atomic E-state index is 0.484. The van der Waals surface area contributed by atoms with Gasteiger partial charge in [-0.15, -0.1) is 0 Å². The maximum absolute atomic E-state index is 5.77. The molecule has 1 heterocycles. The zero-order valence-electron chi connectivity index (χ0n) is 14.1. The fourth-order valence-electron chi connectivity index (χ4n) is 3.33. The summed E-state index contributed by atoms with van der Waals surface area (Å²) in [6, 6.07) is 10.4. The summed E-state index contributed by atoms with van der Waals surface area (Å²) in [5, 5.41) is 0. The van der Waals surface area contributed by atoms with Crippen LogP contribution in [0, 0.1) is 5.41 Å². The lowest BCUT2D eigenvalue weighted by molar-refractivity contribution is 0.121. The molecule has 1 fully saturated rings. The Kier molecular flexibility index (Phi) is 6.98. The van der Waals surface area contributed by atoms with Crippen molar-refractivity contribution in [3.05, 3.63) is 42.2 Å². The Labute approximate surface area is 135 Å². The maximum Gasteiger partial charge on any atom is 0.0873 e. The molecular weight excluding hydrogens is 272 g/mol. The molecule has 0 aliphatic carbocycles. The van der Waals surface area contributed by atoms with Crippen LogP contribution in [0.4, 0.5) is 0 Å². The van der Waals surface area contributed by atoms with E-state index in [1.54, 1.807) is 0 Å². The van der Waals surface area contributed by atoms with E-state index in [-0.39, 0.29) is 0 Å². The molecule has 1 aromatic carbocycles. The predicted molar refractivity (Wildman–Crippen MR) is 92.7 cm³/mol. The average molecular weight is 302 g/mol. The van der Waals surface area contributed by atoms with Crippen LogP contribution < -0.4 is 0 Å². The second-order valence-electron chi connectivity index (χ2n) is 6.46. The molecule has 2 heteroatoms. The number of benzene rings is 1. The second kappa shape index (κ2) is 8.99. The lowest BCUT2D eigenvalue weighted by atomic mass is 9.75. The molecule has 1 atom stereocenters. The first-order valence-corrected chi connectivity index (χ1v) is 8.67. The Morgan fingerprint density at radius 3 is 2.82 bits per heavy atom. The Morgan fingerprint density at radius 1 is 1.23 bits per heavy atom. The third kappa shape index (κ3) is 5.17. The van der Waals surface area contributed by atoms with Gasteiger partial charge in [-0.2, -0.15) is 0 Å². The first-order chi connectivity index (χ1) is 10.8. The van der Waals surface area contributed by atoms with Crippen LogP contribution in [0.1, 0.15) is 57.9 Å². The van der Waals surface area contributed by atoms with Crippen molar-refractivity contribution in [1.82, 2.24) is 0 Å². The molecule has 1 aliphatic rings. The molecule has 0 bridgehead atoms. The average Bonchev–Trinajstić information content (AvgIpc) is 2.81. The minimum Gasteiger partial charge on any atom is -0.501 e. The van der Waals surface area contributed by atoms with Crippen molar-refractivity contribution >= 4 is 5.57 Å². The Morgan fingerprint density at radius 2 is 2.05 bits per heavy atom. The zero-order chi connectivity index (χ0) is 15.7. The van der Waals surface area contributed by atoms with E-state index in [0.717, 1.165) is 26.2 Å². The molecule has 1 unspecified atom stereocenters. The van der Waals surface area contributed by atoms with Gasteiger partial charge in [-0.1, -0.05) is 43.7 Å². The number of hydrogen-bond donors (Lipinski definition) is 0. The number of ether oxygens (including phenoxy) is 2. The van der Waals surface area contributed by atoms with E-state index < -0.39 is 0 Å². The SMILES string of the molecule is CCC1(CCCO/C=C(/C)c2ccccc2)CCCOCC1. The predicted octanol–water partition coefficient (Wildman–Crippen LogP) is 5.44. The fraction of sp³-hybridized carbons (Fsp3) is 0.600. The molecule has 1 aliphatic heterocycles. The van der Waals surface area contributed by atoms with Crippen LogP contribution in [-0.2, 0) is 9.47 Å². The molecule has 0 saturated carbocycles. The summed E-state index contributed by atoms with van der Waals surface area (Å²) in [6.45, 7) is 7.11. The van der Waals surface area contributed by atoms with Gasteiger partial charge in [0.05, 0.1) is 12.9 Å². The van der Waals surface area contributed by atoms with Crippen LogP contribution in [0.25, 0.3) is 5.57 Å². The zero-order valence-corrected chi connectivity index (χ0v) is 14.1. The summed E-state index contributed by atoms with van der Waals surface area (Å²) in [5.41, 5.74) is 2.90. The Balaban J connectivity index is 1.74. The highest BCUT2D eigenvalue weighted by atomic mass is 16.5. The fourth-order valence-corrected chi connectivity index (χ4v) is 3.33. The topological polar surface area (TPSA) is 18.5 Å². The molecule has 0 N–H and O–H groups in total. The third-order valence-corrected chi connectivity index (χ3v) is 4.98. The van der Waals surface area contributed by atoms with Gasteiger partial charge in [-0.3, -0.25) is 0 Å². The van der Waals surface area contributed by atoms with Crippen molar-refractivity contribution in [2.45, 2.75) is 52.4 Å². The van der Waals surface area contributed by atoms with Gasteiger partial charge in [0.15, 0.2) is 0 Å². The minimum absolute atomic E-state index is 0.484. The van der Waals surface area contributed by atoms with E-state index in [2.05, 4.69) is 38.1 Å². The van der Waals surface area contributed by atoms with Crippen LogP contribution in [0.2, 0.25) is 0 Å². The highest BCUT2D eigenvalue weighted by molar-refractivity contribution is 5.62. The molecule has 122 valence electrons. The maximum atomic E-state index is 5.77. The summed E-state index contributed by atoms with van der Waals surface area (Å²) in [6.07, 6.45) is 9.28. The molecule has 0 aromatic heterocycles. The number of rotatable bonds is 7. The van der Waals surface area contributed by atoms with Gasteiger partial charge in [0, 0.05) is 13.2 Å². The first kappa shape index (κ1) is 17.1. The largest absolute Gasteiger partial charge is 0.501 e. The van der Waals surface area contributed by atoms with Crippen LogP contribution in [0.15, 0.2) is 36.6 Å². The smallest absolute Gasteiger partial charge is 0.0873 e. The van der Waals surface area contributed by atoms with Gasteiger partial charge in [-0.05, 0) is 55.6 Å². The Bertz CT molecular complexity index is 442. The first-order valence-electron chi connectivity index (χ1n) is 8.67. The van der Waals surface area contributed by atoms with Gasteiger partial charge in [0.25, 0.3) is 0 Å². The van der Waals surface area contributed by atoms with Crippen molar-refractivity contribution < 1.29 is 9.47 Å². The van der Waals surface area contributed by atoms with Gasteiger partial charge in [-0.25, -0.2) is 0 Å². The highest BCUT2D eigenvalue weighted by Crippen LogP contribution is 2.38. The standard InChI is InChI=1S/C20H30O2/c1-3-20(11-7-14-21-16-13-20)12-8-15-22-17-18(2)19-9-5-4-6-10-19/h4-6,9-10,17H,3,7-8,11-16H2,1-2H3/b18-17-. The quantitative estimate of drug-likeness (QED) is 0.493. The van der Waals surface area contributed by atoms with E-state index >= 15 is 0 Å². The highest BCUT2D eigenvalue weighted by Gasteiger charge is 2.28. The Hall–Kier alpha value is -1.28. The van der Waals surface area contributed by atoms with Crippen LogP contribution >= 0.6 is 0 Å². The van der Waals surface area contributed by atoms with E-state index in [9.17, 15) is 0 Å². The normalized spacial score (nSPS) is 23.1. The summed E-state index contributed by atoms with van der Waals surface area (Å²) in [5.74, 6) is 0. The van der Waals surface area contributed by atoms with E-state index in [1.807, 2.05) is 12.3 Å². The molecule has 0 radical (unpaired) electrons. The van der Waals surface area contributed by atoms with Gasteiger partial charge < -0.3 is 9.47 Å². The van der Waals surface area contributed by atoms with Crippen molar-refractivity contribution in [2.24, 2.45) is 5.41 Å². The summed E-state index contributed by atoms with van der Waals surface area (Å²) < 4.78 is 11.4. The van der Waals surface area contributed by atoms with Crippen molar-refractivity contribution in [3.8, 4) is 0 Å². The van der Waals surface area contributed by atoms with E-state index in [4.69, 9.17) is 9.47 Å². The molecule has 1 saturated heterocycles. The number of hydrogen-bond acceptors (Lipinski definition) is 2. The van der Waals surface area contributed by atoms with Gasteiger partial charge >= 0.3 is 0 Å². The van der Waals surface area contributed by atoms with Crippen molar-refractivity contribution in [2.75, 3.05) is 19.8 Å². The molecule has 0 amide bonds.